The van der Waals surface area contributed by atoms with E-state index in [0.29, 0.717) is 31.8 Å². The van der Waals surface area contributed by atoms with E-state index in [9.17, 15) is 13.2 Å². The van der Waals surface area contributed by atoms with E-state index in [2.05, 4.69) is 6.92 Å². The van der Waals surface area contributed by atoms with E-state index in [1.54, 1.807) is 7.11 Å². The molecule has 2 aliphatic rings. The van der Waals surface area contributed by atoms with Crippen molar-refractivity contribution in [1.82, 2.24) is 8.61 Å². The topological polar surface area (TPSA) is 87.2 Å². The highest BCUT2D eigenvalue weighted by Crippen LogP contribution is 2.26. The van der Waals surface area contributed by atoms with Gasteiger partial charge in [-0.05, 0) is 25.2 Å². The van der Waals surface area contributed by atoms with Gasteiger partial charge in [-0.3, -0.25) is 4.79 Å². The number of hydrogen-bond donors (Lipinski definition) is 1. The first-order chi connectivity index (χ1) is 9.86. The van der Waals surface area contributed by atoms with Gasteiger partial charge < -0.3 is 9.84 Å². The summed E-state index contributed by atoms with van der Waals surface area (Å²) in [6.45, 7) is 3.50. The highest BCUT2D eigenvalue weighted by atomic mass is 32.2. The maximum atomic E-state index is 12.6. The van der Waals surface area contributed by atoms with Gasteiger partial charge in [0.1, 0.15) is 0 Å². The average Bonchev–Trinajstić information content (AvgIpc) is 2.47. The van der Waals surface area contributed by atoms with Crippen LogP contribution in [0.1, 0.15) is 26.2 Å². The summed E-state index contributed by atoms with van der Waals surface area (Å²) in [5, 5.41) is 8.98. The Balaban J connectivity index is 2.00. The molecule has 0 aromatic rings. The van der Waals surface area contributed by atoms with E-state index in [-0.39, 0.29) is 19.2 Å². The minimum absolute atomic E-state index is 0.0786. The Hall–Kier alpha value is -0.700. The molecule has 2 atom stereocenters. The standard InChI is InChI=1S/C13H24N2O5S/c1-10-3-6-15(9-12(10)20-2)21(18,19)14-7-4-11(5-8-14)13(16)17/h10-12H,3-9H2,1-2H3,(H,16,17). The molecule has 0 radical (unpaired) electrons. The van der Waals surface area contributed by atoms with Crippen molar-refractivity contribution in [3.63, 3.8) is 0 Å². The monoisotopic (exact) mass is 320 g/mol. The Labute approximate surface area is 126 Å². The molecule has 2 saturated heterocycles. The van der Waals surface area contributed by atoms with Crippen molar-refractivity contribution < 1.29 is 23.1 Å². The predicted molar refractivity (Wildman–Crippen MR) is 77.0 cm³/mol. The fourth-order valence-electron chi connectivity index (χ4n) is 3.02. The lowest BCUT2D eigenvalue weighted by Gasteiger charge is -2.39. The van der Waals surface area contributed by atoms with E-state index in [1.165, 1.54) is 8.61 Å². The molecular formula is C13H24N2O5S. The van der Waals surface area contributed by atoms with E-state index in [4.69, 9.17) is 9.84 Å². The number of carboxylic acid groups (broad SMARTS) is 1. The lowest BCUT2D eigenvalue weighted by atomic mass is 9.97. The number of carbonyl (C=O) groups is 1. The molecule has 0 saturated carbocycles. The van der Waals surface area contributed by atoms with Gasteiger partial charge in [0.05, 0.1) is 12.0 Å². The molecule has 1 N–H and O–H groups in total. The second kappa shape index (κ2) is 6.60. The van der Waals surface area contributed by atoms with Crippen LogP contribution in [0.5, 0.6) is 0 Å². The number of aliphatic carboxylic acids is 1. The number of ether oxygens (including phenoxy) is 1. The van der Waals surface area contributed by atoms with Crippen molar-refractivity contribution in [3.8, 4) is 0 Å². The second-order valence-corrected chi connectivity index (χ2v) is 7.85. The van der Waals surface area contributed by atoms with Gasteiger partial charge in [-0.25, -0.2) is 0 Å². The average molecular weight is 320 g/mol. The van der Waals surface area contributed by atoms with Gasteiger partial charge in [0.15, 0.2) is 0 Å². The molecule has 21 heavy (non-hydrogen) atoms. The van der Waals surface area contributed by atoms with Crippen LogP contribution in [0.15, 0.2) is 0 Å². The zero-order valence-electron chi connectivity index (χ0n) is 12.6. The summed E-state index contributed by atoms with van der Waals surface area (Å²) < 4.78 is 33.5. The molecule has 2 rings (SSSR count). The van der Waals surface area contributed by atoms with Gasteiger partial charge in [0.2, 0.25) is 0 Å². The fourth-order valence-corrected chi connectivity index (χ4v) is 4.69. The van der Waals surface area contributed by atoms with Gasteiger partial charge in [-0.1, -0.05) is 6.92 Å². The third-order valence-corrected chi connectivity index (χ3v) is 6.61. The largest absolute Gasteiger partial charge is 0.481 e. The summed E-state index contributed by atoms with van der Waals surface area (Å²) in [6.07, 6.45) is 1.47. The van der Waals surface area contributed by atoms with Gasteiger partial charge >= 0.3 is 5.97 Å². The lowest BCUT2D eigenvalue weighted by Crippen LogP contribution is -2.53. The summed E-state index contributed by atoms with van der Waals surface area (Å²) in [7, 11) is -1.90. The molecule has 0 aliphatic carbocycles. The Morgan fingerprint density at radius 2 is 1.71 bits per heavy atom. The van der Waals surface area contributed by atoms with Crippen molar-refractivity contribution in [2.45, 2.75) is 32.3 Å². The van der Waals surface area contributed by atoms with Crippen LogP contribution in [0, 0.1) is 11.8 Å². The van der Waals surface area contributed by atoms with E-state index in [1.807, 2.05) is 0 Å². The van der Waals surface area contributed by atoms with Crippen LogP contribution < -0.4 is 0 Å². The first kappa shape index (κ1) is 16.7. The molecule has 2 heterocycles. The summed E-state index contributed by atoms with van der Waals surface area (Å²) in [5.41, 5.74) is 0. The molecular weight excluding hydrogens is 296 g/mol. The highest BCUT2D eigenvalue weighted by molar-refractivity contribution is 7.86. The number of piperidine rings is 2. The molecule has 7 nitrogen and oxygen atoms in total. The maximum Gasteiger partial charge on any atom is 0.306 e. The van der Waals surface area contributed by atoms with Crippen LogP contribution in [0.25, 0.3) is 0 Å². The molecule has 0 spiro atoms. The minimum atomic E-state index is -3.51. The van der Waals surface area contributed by atoms with Crippen molar-refractivity contribution in [2.24, 2.45) is 11.8 Å². The number of methoxy groups -OCH3 is 1. The summed E-state index contributed by atoms with van der Waals surface area (Å²) in [6, 6.07) is 0. The third kappa shape index (κ3) is 3.56. The smallest absolute Gasteiger partial charge is 0.306 e. The normalized spacial score (nSPS) is 30.4. The van der Waals surface area contributed by atoms with Crippen molar-refractivity contribution in [1.29, 1.82) is 0 Å². The van der Waals surface area contributed by atoms with Crippen LogP contribution in [-0.4, -0.2) is 67.5 Å². The molecule has 0 amide bonds. The van der Waals surface area contributed by atoms with Crippen molar-refractivity contribution in [3.05, 3.63) is 0 Å². The molecule has 2 unspecified atom stereocenters. The van der Waals surface area contributed by atoms with Crippen LogP contribution >= 0.6 is 0 Å². The Bertz CT molecular complexity index is 473. The molecule has 0 bridgehead atoms. The number of nitrogens with zero attached hydrogens (tertiary/aromatic N) is 2. The Morgan fingerprint density at radius 3 is 2.24 bits per heavy atom. The summed E-state index contributed by atoms with van der Waals surface area (Å²) in [4.78, 5) is 10.9. The van der Waals surface area contributed by atoms with Crippen LogP contribution in [0.3, 0.4) is 0 Å². The number of carboxylic acids is 1. The molecule has 2 aliphatic heterocycles. The van der Waals surface area contributed by atoms with E-state index >= 15 is 0 Å². The van der Waals surface area contributed by atoms with E-state index in [0.717, 1.165) is 6.42 Å². The predicted octanol–water partition coefficient (Wildman–Crippen LogP) is 0.385. The molecule has 0 aromatic carbocycles. The minimum Gasteiger partial charge on any atom is -0.481 e. The van der Waals surface area contributed by atoms with Crippen molar-refractivity contribution in [2.75, 3.05) is 33.3 Å². The molecule has 2 fully saturated rings. The van der Waals surface area contributed by atoms with Crippen molar-refractivity contribution >= 4 is 16.2 Å². The fraction of sp³-hybridized carbons (Fsp3) is 0.923. The Morgan fingerprint density at radius 1 is 1.14 bits per heavy atom. The number of rotatable bonds is 4. The second-order valence-electron chi connectivity index (χ2n) is 5.92. The first-order valence-electron chi connectivity index (χ1n) is 7.37. The van der Waals surface area contributed by atoms with Crippen LogP contribution in [0.4, 0.5) is 0 Å². The third-order valence-electron chi connectivity index (χ3n) is 4.61. The highest BCUT2D eigenvalue weighted by Gasteiger charge is 2.38. The van der Waals surface area contributed by atoms with Gasteiger partial charge in [0.25, 0.3) is 10.2 Å². The van der Waals surface area contributed by atoms with E-state index < -0.39 is 22.1 Å². The van der Waals surface area contributed by atoms with Crippen LogP contribution in [-0.2, 0) is 19.7 Å². The zero-order chi connectivity index (χ0) is 15.6. The zero-order valence-corrected chi connectivity index (χ0v) is 13.4. The molecule has 0 aromatic heterocycles. The number of hydrogen-bond acceptors (Lipinski definition) is 4. The summed E-state index contributed by atoms with van der Waals surface area (Å²) in [5.74, 6) is -0.915. The first-order valence-corrected chi connectivity index (χ1v) is 8.76. The quantitative estimate of drug-likeness (QED) is 0.809. The Kier molecular flexibility index (Phi) is 5.24. The summed E-state index contributed by atoms with van der Waals surface area (Å²) >= 11 is 0. The molecule has 8 heteroatoms. The van der Waals surface area contributed by atoms with Gasteiger partial charge in [0, 0.05) is 33.3 Å². The molecule has 122 valence electrons. The maximum absolute atomic E-state index is 12.6. The van der Waals surface area contributed by atoms with Crippen LogP contribution in [0.2, 0.25) is 0 Å². The SMILES string of the molecule is COC1CN(S(=O)(=O)N2CCC(C(=O)O)CC2)CCC1C. The van der Waals surface area contributed by atoms with Gasteiger partial charge in [-0.15, -0.1) is 0 Å². The van der Waals surface area contributed by atoms with Gasteiger partial charge in [-0.2, -0.15) is 17.0 Å². The lowest BCUT2D eigenvalue weighted by molar-refractivity contribution is -0.142.